The van der Waals surface area contributed by atoms with Gasteiger partial charge in [0.2, 0.25) is 0 Å². The molecule has 3 nitrogen and oxygen atoms in total. The molecule has 1 aliphatic carbocycles. The Balaban J connectivity index is 1.42. The zero-order valence-corrected chi connectivity index (χ0v) is 17.4. The van der Waals surface area contributed by atoms with Gasteiger partial charge in [-0.1, -0.05) is 47.0 Å². The van der Waals surface area contributed by atoms with Crippen LogP contribution in [0.4, 0.5) is 5.82 Å². The van der Waals surface area contributed by atoms with Crippen LogP contribution < -0.4 is 11.1 Å². The Bertz CT molecular complexity index is 965. The molecule has 146 valence electrons. The smallest absolute Gasteiger partial charge is 0.124 e. The molecule has 1 heterocycles. The molecule has 4 rings (SSSR count). The van der Waals surface area contributed by atoms with Gasteiger partial charge >= 0.3 is 0 Å². The maximum Gasteiger partial charge on any atom is 0.124 e. The fraction of sp³-hybridized carbons (Fsp3) is 0.375. The Morgan fingerprint density at radius 1 is 1.00 bits per heavy atom. The van der Waals surface area contributed by atoms with Gasteiger partial charge in [0.1, 0.15) is 5.82 Å². The van der Waals surface area contributed by atoms with E-state index in [0.717, 1.165) is 12.1 Å². The third-order valence-electron chi connectivity index (χ3n) is 5.87. The summed E-state index contributed by atoms with van der Waals surface area (Å²) in [5.41, 5.74) is 12.4. The van der Waals surface area contributed by atoms with E-state index in [1.54, 1.807) is 0 Å². The second-order valence-corrected chi connectivity index (χ2v) is 8.66. The van der Waals surface area contributed by atoms with E-state index in [1.165, 1.54) is 53.3 Å². The Morgan fingerprint density at radius 3 is 2.43 bits per heavy atom. The number of hydrogen-bond acceptors (Lipinski definition) is 3. The predicted molar refractivity (Wildman–Crippen MR) is 119 cm³/mol. The van der Waals surface area contributed by atoms with Gasteiger partial charge in [-0.05, 0) is 74.8 Å². The lowest BCUT2D eigenvalue weighted by atomic mass is 9.80. The molecule has 3 N–H and O–H groups in total. The summed E-state index contributed by atoms with van der Waals surface area (Å²) in [5.74, 6) is 1.12. The molecule has 28 heavy (non-hydrogen) atoms. The minimum atomic E-state index is 0.535. The fourth-order valence-electron chi connectivity index (χ4n) is 4.63. The first kappa shape index (κ1) is 19.2. The third-order valence-corrected chi connectivity index (χ3v) is 6.10. The van der Waals surface area contributed by atoms with Gasteiger partial charge in [-0.25, -0.2) is 4.98 Å². The number of aryl methyl sites for hydroxylation is 2. The standard InChI is InChI=1S/C24H28ClN3/c1-15-9-16(2)11-17(10-15)14-27-20-6-3-18(4-7-20)22-13-24(26)28-23-12-19(25)5-8-21(22)23/h5,8-13,18,20,27H,3-4,6-7,14H2,1-2H3,(H2,26,28). The van der Waals surface area contributed by atoms with Crippen LogP contribution in [0.15, 0.2) is 42.5 Å². The zero-order chi connectivity index (χ0) is 19.7. The molecule has 1 aromatic heterocycles. The number of nitrogens with two attached hydrogens (primary N) is 1. The highest BCUT2D eigenvalue weighted by atomic mass is 35.5. The highest BCUT2D eigenvalue weighted by Gasteiger charge is 2.24. The first-order chi connectivity index (χ1) is 13.5. The number of nitrogens with zero attached hydrogens (tertiary/aromatic N) is 1. The number of fused-ring (bicyclic) bond motifs is 1. The van der Waals surface area contributed by atoms with E-state index in [9.17, 15) is 0 Å². The molecular formula is C24H28ClN3. The summed E-state index contributed by atoms with van der Waals surface area (Å²) in [6.45, 7) is 5.28. The summed E-state index contributed by atoms with van der Waals surface area (Å²) in [6, 6.07) is 15.4. The number of benzene rings is 2. The molecule has 4 heteroatoms. The van der Waals surface area contributed by atoms with E-state index < -0.39 is 0 Å². The molecule has 0 amide bonds. The van der Waals surface area contributed by atoms with Gasteiger partial charge in [0, 0.05) is 23.0 Å². The molecule has 0 saturated heterocycles. The van der Waals surface area contributed by atoms with Crippen LogP contribution in [0.1, 0.15) is 53.9 Å². The largest absolute Gasteiger partial charge is 0.384 e. The normalized spacial score (nSPS) is 19.8. The Labute approximate surface area is 172 Å². The number of hydrogen-bond donors (Lipinski definition) is 2. The maximum absolute atomic E-state index is 6.14. The number of rotatable bonds is 4. The van der Waals surface area contributed by atoms with Crippen molar-refractivity contribution >= 4 is 28.3 Å². The van der Waals surface area contributed by atoms with Crippen molar-refractivity contribution in [1.29, 1.82) is 0 Å². The van der Waals surface area contributed by atoms with Crippen molar-refractivity contribution in [2.45, 2.75) is 58.0 Å². The highest BCUT2D eigenvalue weighted by Crippen LogP contribution is 2.37. The number of pyridine rings is 1. The Hall–Kier alpha value is -2.10. The first-order valence-corrected chi connectivity index (χ1v) is 10.5. The minimum Gasteiger partial charge on any atom is -0.384 e. The molecule has 0 radical (unpaired) electrons. The van der Waals surface area contributed by atoms with Gasteiger partial charge in [-0.15, -0.1) is 0 Å². The summed E-state index contributed by atoms with van der Waals surface area (Å²) in [7, 11) is 0. The van der Waals surface area contributed by atoms with Crippen LogP contribution in [0.25, 0.3) is 10.9 Å². The molecule has 0 spiro atoms. The van der Waals surface area contributed by atoms with E-state index in [-0.39, 0.29) is 0 Å². The molecule has 0 bridgehead atoms. The topological polar surface area (TPSA) is 50.9 Å². The maximum atomic E-state index is 6.14. The van der Waals surface area contributed by atoms with Gasteiger partial charge in [0.25, 0.3) is 0 Å². The quantitative estimate of drug-likeness (QED) is 0.579. The predicted octanol–water partition coefficient (Wildman–Crippen LogP) is 5.90. The summed E-state index contributed by atoms with van der Waals surface area (Å²) >= 11 is 6.14. The van der Waals surface area contributed by atoms with Crippen LogP contribution in [0, 0.1) is 13.8 Å². The van der Waals surface area contributed by atoms with Gasteiger partial charge in [-0.2, -0.15) is 0 Å². The molecule has 0 aliphatic heterocycles. The average Bonchev–Trinajstić information content (AvgIpc) is 2.65. The van der Waals surface area contributed by atoms with Crippen molar-refractivity contribution in [3.05, 3.63) is 69.7 Å². The van der Waals surface area contributed by atoms with Crippen molar-refractivity contribution in [2.24, 2.45) is 0 Å². The SMILES string of the molecule is Cc1cc(C)cc(CNC2CCC(c3cc(N)nc4cc(Cl)ccc34)CC2)c1. The van der Waals surface area contributed by atoms with Crippen LogP contribution in [0.3, 0.4) is 0 Å². The number of nitrogen functional groups attached to an aromatic ring is 1. The second-order valence-electron chi connectivity index (χ2n) is 8.22. The second kappa shape index (κ2) is 8.10. The summed E-state index contributed by atoms with van der Waals surface area (Å²) < 4.78 is 0. The van der Waals surface area contributed by atoms with E-state index in [0.29, 0.717) is 22.8 Å². The number of aromatic nitrogens is 1. The van der Waals surface area contributed by atoms with Crippen LogP contribution in [-0.4, -0.2) is 11.0 Å². The number of nitrogens with one attached hydrogen (secondary N) is 1. The summed E-state index contributed by atoms with van der Waals surface area (Å²) in [5, 5.41) is 5.66. The van der Waals surface area contributed by atoms with Crippen molar-refractivity contribution in [3.63, 3.8) is 0 Å². The molecule has 0 unspecified atom stereocenters. The molecule has 1 aliphatic rings. The van der Waals surface area contributed by atoms with Gasteiger partial charge in [-0.3, -0.25) is 0 Å². The van der Waals surface area contributed by atoms with Crippen molar-refractivity contribution < 1.29 is 0 Å². The monoisotopic (exact) mass is 393 g/mol. The fourth-order valence-corrected chi connectivity index (χ4v) is 4.80. The first-order valence-electron chi connectivity index (χ1n) is 10.1. The molecule has 2 aromatic carbocycles. The Kier molecular flexibility index (Phi) is 5.56. The lowest BCUT2D eigenvalue weighted by Gasteiger charge is -2.30. The van der Waals surface area contributed by atoms with E-state index in [4.69, 9.17) is 17.3 Å². The lowest BCUT2D eigenvalue weighted by molar-refractivity contribution is 0.342. The van der Waals surface area contributed by atoms with Crippen LogP contribution in [0.2, 0.25) is 5.02 Å². The molecule has 0 atom stereocenters. The highest BCUT2D eigenvalue weighted by molar-refractivity contribution is 6.31. The summed E-state index contributed by atoms with van der Waals surface area (Å²) in [6.07, 6.45) is 4.72. The van der Waals surface area contributed by atoms with Crippen LogP contribution in [0.5, 0.6) is 0 Å². The summed E-state index contributed by atoms with van der Waals surface area (Å²) in [4.78, 5) is 4.47. The van der Waals surface area contributed by atoms with Gasteiger partial charge in [0.15, 0.2) is 0 Å². The van der Waals surface area contributed by atoms with Crippen molar-refractivity contribution in [2.75, 3.05) is 5.73 Å². The van der Waals surface area contributed by atoms with Crippen molar-refractivity contribution in [3.8, 4) is 0 Å². The van der Waals surface area contributed by atoms with Gasteiger partial charge in [0.05, 0.1) is 5.52 Å². The molecular weight excluding hydrogens is 366 g/mol. The minimum absolute atomic E-state index is 0.535. The van der Waals surface area contributed by atoms with E-state index >= 15 is 0 Å². The van der Waals surface area contributed by atoms with E-state index in [2.05, 4.69) is 54.5 Å². The number of anilines is 1. The molecule has 1 fully saturated rings. The van der Waals surface area contributed by atoms with Gasteiger partial charge < -0.3 is 11.1 Å². The lowest BCUT2D eigenvalue weighted by Crippen LogP contribution is -2.32. The zero-order valence-electron chi connectivity index (χ0n) is 16.6. The Morgan fingerprint density at radius 2 is 1.71 bits per heavy atom. The van der Waals surface area contributed by atoms with Crippen molar-refractivity contribution in [1.82, 2.24) is 10.3 Å². The van der Waals surface area contributed by atoms with E-state index in [1.807, 2.05) is 12.1 Å². The average molecular weight is 394 g/mol. The van der Waals surface area contributed by atoms with Crippen LogP contribution >= 0.6 is 11.6 Å². The number of halogens is 1. The van der Waals surface area contributed by atoms with Crippen LogP contribution in [-0.2, 0) is 6.54 Å². The molecule has 1 saturated carbocycles. The third kappa shape index (κ3) is 4.31. The molecule has 3 aromatic rings.